The summed E-state index contributed by atoms with van der Waals surface area (Å²) in [5.41, 5.74) is -1.42. The molecule has 2 aromatic rings. The van der Waals surface area contributed by atoms with Gasteiger partial charge in [0.25, 0.3) is 5.91 Å². The molecule has 0 fully saturated rings. The third-order valence-corrected chi connectivity index (χ3v) is 2.83. The first-order chi connectivity index (χ1) is 9.40. The van der Waals surface area contributed by atoms with Crippen LogP contribution >= 0.6 is 0 Å². The first-order valence-corrected chi connectivity index (χ1v) is 5.90. The maximum Gasteiger partial charge on any atom is 0.251 e. The van der Waals surface area contributed by atoms with Gasteiger partial charge in [-0.3, -0.25) is 4.79 Å². The molecule has 1 aromatic heterocycles. The van der Waals surface area contributed by atoms with Crippen molar-refractivity contribution in [3.63, 3.8) is 0 Å². The molecular formula is C14H13F2NO3. The Kier molecular flexibility index (Phi) is 3.85. The molecule has 2 N–H and O–H groups in total. The van der Waals surface area contributed by atoms with Crippen LogP contribution in [0.1, 0.15) is 23.0 Å². The molecule has 4 nitrogen and oxygen atoms in total. The Morgan fingerprint density at radius 2 is 2.10 bits per heavy atom. The minimum absolute atomic E-state index is 0.0286. The molecular weight excluding hydrogens is 268 g/mol. The average molecular weight is 281 g/mol. The van der Waals surface area contributed by atoms with Gasteiger partial charge in [-0.05, 0) is 37.3 Å². The topological polar surface area (TPSA) is 62.5 Å². The summed E-state index contributed by atoms with van der Waals surface area (Å²) < 4.78 is 30.8. The van der Waals surface area contributed by atoms with Crippen LogP contribution in [0.5, 0.6) is 0 Å². The summed E-state index contributed by atoms with van der Waals surface area (Å²) in [5.74, 6) is -2.45. The number of aliphatic hydroxyl groups is 1. The normalized spacial score (nSPS) is 13.8. The van der Waals surface area contributed by atoms with Crippen molar-refractivity contribution in [3.8, 4) is 0 Å². The van der Waals surface area contributed by atoms with E-state index in [-0.39, 0.29) is 12.1 Å². The summed E-state index contributed by atoms with van der Waals surface area (Å²) in [6.07, 6.45) is 1.40. The Balaban J connectivity index is 2.03. The molecule has 0 bridgehead atoms. The predicted octanol–water partition coefficient (Wildman–Crippen LogP) is 2.20. The van der Waals surface area contributed by atoms with E-state index in [0.29, 0.717) is 5.76 Å². The number of furan rings is 1. The third-order valence-electron chi connectivity index (χ3n) is 2.83. The van der Waals surface area contributed by atoms with Crippen LogP contribution in [0.4, 0.5) is 8.78 Å². The third kappa shape index (κ3) is 3.03. The molecule has 1 atom stereocenters. The maximum absolute atomic E-state index is 13.0. The van der Waals surface area contributed by atoms with Crippen LogP contribution < -0.4 is 5.32 Å². The van der Waals surface area contributed by atoms with Crippen molar-refractivity contribution in [3.05, 3.63) is 59.6 Å². The number of carbonyl (C=O) groups is 1. The fourth-order valence-corrected chi connectivity index (χ4v) is 1.66. The molecule has 0 saturated carbocycles. The van der Waals surface area contributed by atoms with Gasteiger partial charge in [0.15, 0.2) is 11.6 Å². The van der Waals surface area contributed by atoms with E-state index in [4.69, 9.17) is 4.42 Å². The van der Waals surface area contributed by atoms with Crippen LogP contribution in [0.2, 0.25) is 0 Å². The van der Waals surface area contributed by atoms with Crippen molar-refractivity contribution in [2.75, 3.05) is 6.54 Å². The summed E-state index contributed by atoms with van der Waals surface area (Å²) in [7, 11) is 0. The lowest BCUT2D eigenvalue weighted by atomic mass is 10.0. The van der Waals surface area contributed by atoms with Gasteiger partial charge in [-0.15, -0.1) is 0 Å². The summed E-state index contributed by atoms with van der Waals surface area (Å²) in [6, 6.07) is 6.02. The Morgan fingerprint density at radius 1 is 1.35 bits per heavy atom. The molecule has 0 unspecified atom stereocenters. The van der Waals surface area contributed by atoms with Gasteiger partial charge in [-0.25, -0.2) is 8.78 Å². The van der Waals surface area contributed by atoms with Gasteiger partial charge < -0.3 is 14.8 Å². The fraction of sp³-hybridized carbons (Fsp3) is 0.214. The number of halogens is 2. The maximum atomic E-state index is 13.0. The average Bonchev–Trinajstić information content (AvgIpc) is 2.94. The fourth-order valence-electron chi connectivity index (χ4n) is 1.66. The number of carbonyl (C=O) groups excluding carboxylic acids is 1. The molecule has 0 saturated heterocycles. The molecule has 0 aliphatic carbocycles. The van der Waals surface area contributed by atoms with E-state index in [1.54, 1.807) is 12.1 Å². The molecule has 20 heavy (non-hydrogen) atoms. The quantitative estimate of drug-likeness (QED) is 0.903. The van der Waals surface area contributed by atoms with Gasteiger partial charge in [0.1, 0.15) is 11.4 Å². The molecule has 6 heteroatoms. The molecule has 0 aliphatic heterocycles. The van der Waals surface area contributed by atoms with E-state index in [2.05, 4.69) is 5.32 Å². The van der Waals surface area contributed by atoms with Gasteiger partial charge >= 0.3 is 0 Å². The van der Waals surface area contributed by atoms with Crippen LogP contribution in [-0.4, -0.2) is 17.6 Å². The zero-order valence-electron chi connectivity index (χ0n) is 10.7. The Bertz CT molecular complexity index is 609. The highest BCUT2D eigenvalue weighted by molar-refractivity contribution is 5.94. The first-order valence-electron chi connectivity index (χ1n) is 5.90. The second-order valence-corrected chi connectivity index (χ2v) is 4.56. The first kappa shape index (κ1) is 14.2. The Labute approximate surface area is 114 Å². The highest BCUT2D eigenvalue weighted by Gasteiger charge is 2.27. The number of benzene rings is 1. The smallest absolute Gasteiger partial charge is 0.251 e. The van der Waals surface area contributed by atoms with Gasteiger partial charge in [-0.2, -0.15) is 0 Å². The van der Waals surface area contributed by atoms with Crippen LogP contribution in [-0.2, 0) is 5.60 Å². The number of hydrogen-bond donors (Lipinski definition) is 2. The minimum atomic E-state index is -1.39. The van der Waals surface area contributed by atoms with Crippen LogP contribution in [0.3, 0.4) is 0 Å². The van der Waals surface area contributed by atoms with Gasteiger partial charge in [0.2, 0.25) is 0 Å². The van der Waals surface area contributed by atoms with E-state index in [0.717, 1.165) is 18.2 Å². The van der Waals surface area contributed by atoms with Crippen molar-refractivity contribution >= 4 is 5.91 Å². The van der Waals surface area contributed by atoms with Crippen molar-refractivity contribution in [1.82, 2.24) is 5.32 Å². The van der Waals surface area contributed by atoms with Crippen molar-refractivity contribution in [2.45, 2.75) is 12.5 Å². The molecule has 1 amide bonds. The van der Waals surface area contributed by atoms with E-state index >= 15 is 0 Å². The van der Waals surface area contributed by atoms with Crippen LogP contribution in [0.25, 0.3) is 0 Å². The monoisotopic (exact) mass is 281 g/mol. The molecule has 1 aromatic carbocycles. The second-order valence-electron chi connectivity index (χ2n) is 4.56. The SMILES string of the molecule is C[C@@](O)(CNC(=O)c1ccc(F)c(F)c1)c1ccco1. The van der Waals surface area contributed by atoms with Gasteiger partial charge in [0, 0.05) is 5.56 Å². The molecule has 106 valence electrons. The Hall–Kier alpha value is -2.21. The zero-order valence-corrected chi connectivity index (χ0v) is 10.7. The lowest BCUT2D eigenvalue weighted by Gasteiger charge is -2.21. The zero-order chi connectivity index (χ0) is 14.8. The number of hydrogen-bond acceptors (Lipinski definition) is 3. The summed E-state index contributed by atoms with van der Waals surface area (Å²) in [6.45, 7) is 1.34. The highest BCUT2D eigenvalue weighted by Crippen LogP contribution is 2.20. The van der Waals surface area contributed by atoms with Gasteiger partial charge in [0.05, 0.1) is 12.8 Å². The van der Waals surface area contributed by atoms with E-state index in [9.17, 15) is 18.7 Å². The van der Waals surface area contributed by atoms with E-state index < -0.39 is 23.1 Å². The molecule has 2 rings (SSSR count). The second kappa shape index (κ2) is 5.42. The Morgan fingerprint density at radius 3 is 2.70 bits per heavy atom. The molecule has 0 radical (unpaired) electrons. The van der Waals surface area contributed by atoms with Crippen molar-refractivity contribution < 1.29 is 23.1 Å². The summed E-state index contributed by atoms with van der Waals surface area (Å²) in [4.78, 5) is 11.8. The lowest BCUT2D eigenvalue weighted by molar-refractivity contribution is 0.0330. The van der Waals surface area contributed by atoms with Crippen LogP contribution in [0.15, 0.2) is 41.0 Å². The molecule has 1 heterocycles. The summed E-state index contributed by atoms with van der Waals surface area (Å²) >= 11 is 0. The van der Waals surface area contributed by atoms with E-state index in [1.165, 1.54) is 13.2 Å². The summed E-state index contributed by atoms with van der Waals surface area (Å²) in [5, 5.41) is 12.6. The largest absolute Gasteiger partial charge is 0.466 e. The minimum Gasteiger partial charge on any atom is -0.466 e. The van der Waals surface area contributed by atoms with Crippen LogP contribution in [0, 0.1) is 11.6 Å². The van der Waals surface area contributed by atoms with Crippen molar-refractivity contribution in [2.24, 2.45) is 0 Å². The lowest BCUT2D eigenvalue weighted by Crippen LogP contribution is -2.38. The number of nitrogens with one attached hydrogen (secondary N) is 1. The highest BCUT2D eigenvalue weighted by atomic mass is 19.2. The van der Waals surface area contributed by atoms with Gasteiger partial charge in [-0.1, -0.05) is 0 Å². The number of rotatable bonds is 4. The van der Waals surface area contributed by atoms with E-state index in [1.807, 2.05) is 0 Å². The molecule has 0 spiro atoms. The predicted molar refractivity (Wildman–Crippen MR) is 67.0 cm³/mol. The standard InChI is InChI=1S/C14H13F2NO3/c1-14(19,12-3-2-6-20-12)8-17-13(18)9-4-5-10(15)11(16)7-9/h2-7,19H,8H2,1H3,(H,17,18)/t14-/m1/s1. The van der Waals surface area contributed by atoms with Crippen molar-refractivity contribution in [1.29, 1.82) is 0 Å². The number of amides is 1. The molecule has 0 aliphatic rings.